The molecule has 2 aromatic rings. The molecule has 1 aromatic carbocycles. The van der Waals surface area contributed by atoms with Crippen LogP contribution in [0.15, 0.2) is 18.2 Å². The Hall–Kier alpha value is -1.20. The largest absolute Gasteiger partial charge is 0.508 e. The molecule has 0 bridgehead atoms. The number of benzene rings is 1. The van der Waals surface area contributed by atoms with Crippen LogP contribution in [0, 0.1) is 0 Å². The van der Waals surface area contributed by atoms with Crippen LogP contribution in [0.5, 0.6) is 5.75 Å². The van der Waals surface area contributed by atoms with Crippen LogP contribution in [0.4, 0.5) is 0 Å². The summed E-state index contributed by atoms with van der Waals surface area (Å²) in [4.78, 5) is 7.80. The van der Waals surface area contributed by atoms with Crippen molar-refractivity contribution in [3.8, 4) is 5.75 Å². The topological polar surface area (TPSA) is 60.9 Å². The fourth-order valence-electron chi connectivity index (χ4n) is 2.13. The zero-order chi connectivity index (χ0) is 11.7. The summed E-state index contributed by atoms with van der Waals surface area (Å²) in [6.07, 6.45) is 0.919. The van der Waals surface area contributed by atoms with Gasteiger partial charge < -0.3 is 15.4 Å². The number of imidazole rings is 1. The SMILES string of the molecule is Oc1ccc2nc(CC3CSCCN3)[nH]c2c1. The van der Waals surface area contributed by atoms with E-state index in [0.29, 0.717) is 6.04 Å². The maximum atomic E-state index is 9.40. The number of phenols is 1. The summed E-state index contributed by atoms with van der Waals surface area (Å²) in [6.45, 7) is 1.08. The van der Waals surface area contributed by atoms with Gasteiger partial charge in [-0.15, -0.1) is 0 Å². The van der Waals surface area contributed by atoms with Gasteiger partial charge in [0.1, 0.15) is 11.6 Å². The van der Waals surface area contributed by atoms with Gasteiger partial charge in [-0.25, -0.2) is 4.98 Å². The van der Waals surface area contributed by atoms with Crippen LogP contribution in [0.3, 0.4) is 0 Å². The molecule has 3 N–H and O–H groups in total. The Balaban J connectivity index is 1.80. The number of hydrogen-bond donors (Lipinski definition) is 3. The molecule has 17 heavy (non-hydrogen) atoms. The van der Waals surface area contributed by atoms with E-state index in [1.807, 2.05) is 17.8 Å². The summed E-state index contributed by atoms with van der Waals surface area (Å²) in [5.74, 6) is 3.61. The third kappa shape index (κ3) is 2.40. The molecule has 0 spiro atoms. The zero-order valence-electron chi connectivity index (χ0n) is 9.44. The number of aromatic amines is 1. The summed E-state index contributed by atoms with van der Waals surface area (Å²) in [5.41, 5.74) is 1.82. The van der Waals surface area contributed by atoms with Gasteiger partial charge >= 0.3 is 0 Å². The number of nitrogens with one attached hydrogen (secondary N) is 2. The van der Waals surface area contributed by atoms with E-state index < -0.39 is 0 Å². The molecule has 0 amide bonds. The smallest absolute Gasteiger partial charge is 0.117 e. The minimum atomic E-state index is 0.277. The van der Waals surface area contributed by atoms with E-state index in [-0.39, 0.29) is 5.75 Å². The minimum absolute atomic E-state index is 0.277. The molecule has 1 fully saturated rings. The quantitative estimate of drug-likeness (QED) is 0.755. The first-order chi connectivity index (χ1) is 8.31. The number of thioether (sulfide) groups is 1. The molecule has 1 aliphatic heterocycles. The van der Waals surface area contributed by atoms with Gasteiger partial charge in [-0.2, -0.15) is 11.8 Å². The molecular formula is C12H15N3OS. The normalized spacial score (nSPS) is 20.8. The Morgan fingerprint density at radius 2 is 2.41 bits per heavy atom. The Morgan fingerprint density at radius 1 is 1.47 bits per heavy atom. The van der Waals surface area contributed by atoms with E-state index in [0.717, 1.165) is 35.6 Å². The average molecular weight is 249 g/mol. The van der Waals surface area contributed by atoms with Gasteiger partial charge in [-0.05, 0) is 12.1 Å². The molecule has 1 unspecified atom stereocenters. The fourth-order valence-corrected chi connectivity index (χ4v) is 3.08. The summed E-state index contributed by atoms with van der Waals surface area (Å²) in [6, 6.07) is 5.73. The van der Waals surface area contributed by atoms with Crippen molar-refractivity contribution in [2.45, 2.75) is 12.5 Å². The molecule has 90 valence electrons. The first-order valence-electron chi connectivity index (χ1n) is 5.80. The Kier molecular flexibility index (Phi) is 2.94. The first-order valence-corrected chi connectivity index (χ1v) is 6.95. The highest BCUT2D eigenvalue weighted by molar-refractivity contribution is 7.99. The fraction of sp³-hybridized carbons (Fsp3) is 0.417. The summed E-state index contributed by atoms with van der Waals surface area (Å²) in [7, 11) is 0. The van der Waals surface area contributed by atoms with Crippen LogP contribution < -0.4 is 5.32 Å². The number of fused-ring (bicyclic) bond motifs is 1. The van der Waals surface area contributed by atoms with Gasteiger partial charge in [-0.3, -0.25) is 0 Å². The third-order valence-electron chi connectivity index (χ3n) is 2.95. The van der Waals surface area contributed by atoms with E-state index in [9.17, 15) is 5.11 Å². The van der Waals surface area contributed by atoms with Crippen LogP contribution in [0.25, 0.3) is 11.0 Å². The maximum absolute atomic E-state index is 9.40. The number of hydrogen-bond acceptors (Lipinski definition) is 4. The second kappa shape index (κ2) is 4.58. The highest BCUT2D eigenvalue weighted by Gasteiger charge is 2.15. The van der Waals surface area contributed by atoms with Crippen molar-refractivity contribution < 1.29 is 5.11 Å². The number of aromatic nitrogens is 2. The molecule has 3 rings (SSSR count). The van der Waals surface area contributed by atoms with Crippen molar-refractivity contribution in [2.24, 2.45) is 0 Å². The number of aromatic hydroxyl groups is 1. The van der Waals surface area contributed by atoms with Crippen molar-refractivity contribution in [1.29, 1.82) is 0 Å². The van der Waals surface area contributed by atoms with Crippen LogP contribution in [0.2, 0.25) is 0 Å². The lowest BCUT2D eigenvalue weighted by Crippen LogP contribution is -2.39. The molecular weight excluding hydrogens is 234 g/mol. The Labute approximate surface area is 104 Å². The highest BCUT2D eigenvalue weighted by Crippen LogP contribution is 2.19. The molecule has 1 aromatic heterocycles. The number of rotatable bonds is 2. The number of H-pyrrole nitrogens is 1. The van der Waals surface area contributed by atoms with Gasteiger partial charge in [0.05, 0.1) is 11.0 Å². The highest BCUT2D eigenvalue weighted by atomic mass is 32.2. The van der Waals surface area contributed by atoms with E-state index in [4.69, 9.17) is 0 Å². The van der Waals surface area contributed by atoms with Crippen LogP contribution in [0.1, 0.15) is 5.82 Å². The molecule has 5 heteroatoms. The second-order valence-electron chi connectivity index (χ2n) is 4.32. The van der Waals surface area contributed by atoms with Crippen molar-refractivity contribution in [2.75, 3.05) is 18.1 Å². The van der Waals surface area contributed by atoms with Crippen LogP contribution >= 0.6 is 11.8 Å². The first kappa shape index (κ1) is 10.9. The monoisotopic (exact) mass is 249 g/mol. The van der Waals surface area contributed by atoms with Crippen molar-refractivity contribution in [3.05, 3.63) is 24.0 Å². The van der Waals surface area contributed by atoms with E-state index in [2.05, 4.69) is 15.3 Å². The molecule has 4 nitrogen and oxygen atoms in total. The van der Waals surface area contributed by atoms with Crippen molar-refractivity contribution in [1.82, 2.24) is 15.3 Å². The van der Waals surface area contributed by atoms with Gasteiger partial charge in [-0.1, -0.05) is 0 Å². The van der Waals surface area contributed by atoms with Crippen molar-refractivity contribution in [3.63, 3.8) is 0 Å². The predicted octanol–water partition coefficient (Wildman–Crippen LogP) is 1.52. The van der Waals surface area contributed by atoms with Gasteiger partial charge in [0, 0.05) is 36.6 Å². The number of nitrogens with zero attached hydrogens (tertiary/aromatic N) is 1. The average Bonchev–Trinajstić information content (AvgIpc) is 2.71. The Bertz CT molecular complexity index is 519. The number of phenolic OH excluding ortho intramolecular Hbond substituents is 1. The maximum Gasteiger partial charge on any atom is 0.117 e. The Morgan fingerprint density at radius 3 is 3.24 bits per heavy atom. The summed E-state index contributed by atoms with van der Waals surface area (Å²) in [5, 5.41) is 12.9. The molecule has 1 aliphatic rings. The molecule has 0 aliphatic carbocycles. The van der Waals surface area contributed by atoms with E-state index >= 15 is 0 Å². The van der Waals surface area contributed by atoms with Gasteiger partial charge in [0.25, 0.3) is 0 Å². The second-order valence-corrected chi connectivity index (χ2v) is 5.46. The third-order valence-corrected chi connectivity index (χ3v) is 4.08. The van der Waals surface area contributed by atoms with Gasteiger partial charge in [0.2, 0.25) is 0 Å². The van der Waals surface area contributed by atoms with Crippen molar-refractivity contribution >= 4 is 22.8 Å². The lowest BCUT2D eigenvalue weighted by molar-refractivity contribution is 0.476. The lowest BCUT2D eigenvalue weighted by atomic mass is 10.2. The molecule has 1 saturated heterocycles. The minimum Gasteiger partial charge on any atom is -0.508 e. The lowest BCUT2D eigenvalue weighted by Gasteiger charge is -2.21. The summed E-state index contributed by atoms with van der Waals surface area (Å²) < 4.78 is 0. The molecule has 0 radical (unpaired) electrons. The predicted molar refractivity (Wildman–Crippen MR) is 70.6 cm³/mol. The molecule has 0 saturated carbocycles. The van der Waals surface area contributed by atoms with E-state index in [1.54, 1.807) is 12.1 Å². The molecule has 2 heterocycles. The van der Waals surface area contributed by atoms with E-state index in [1.165, 1.54) is 5.75 Å². The zero-order valence-corrected chi connectivity index (χ0v) is 10.3. The molecule has 1 atom stereocenters. The standard InChI is InChI=1S/C12H15N3OS/c16-9-1-2-10-11(6-9)15-12(14-10)5-8-7-17-4-3-13-8/h1-2,6,8,13,16H,3-5,7H2,(H,14,15). The van der Waals surface area contributed by atoms with Gasteiger partial charge in [0.15, 0.2) is 0 Å². The summed E-state index contributed by atoms with van der Waals surface area (Å²) >= 11 is 1.99. The van der Waals surface area contributed by atoms with Crippen LogP contribution in [-0.2, 0) is 6.42 Å². The van der Waals surface area contributed by atoms with Crippen LogP contribution in [-0.4, -0.2) is 39.2 Å².